The van der Waals surface area contributed by atoms with E-state index >= 15 is 0 Å². The minimum absolute atomic E-state index is 0.158. The van der Waals surface area contributed by atoms with Crippen LogP contribution in [0.1, 0.15) is 27.0 Å². The van der Waals surface area contributed by atoms with Crippen molar-refractivity contribution in [3.05, 3.63) is 138 Å². The van der Waals surface area contributed by atoms with Crippen LogP contribution in [0.2, 0.25) is 0 Å². The van der Waals surface area contributed by atoms with Gasteiger partial charge in [-0.1, -0.05) is 91.0 Å². The largest absolute Gasteiger partial charge is 0.457 e. The number of nitrogens with zero attached hydrogens (tertiary/aromatic N) is 1. The zero-order valence-electron chi connectivity index (χ0n) is 20.9. The van der Waals surface area contributed by atoms with Crippen molar-refractivity contribution in [1.29, 1.82) is 0 Å². The highest BCUT2D eigenvalue weighted by Gasteiger charge is 2.20. The fourth-order valence-corrected chi connectivity index (χ4v) is 4.16. The minimum atomic E-state index is -0.520. The average Bonchev–Trinajstić information content (AvgIpc) is 2.95. The number of ether oxygens (including phenoxy) is 2. The molecule has 0 N–H and O–H groups in total. The van der Waals surface area contributed by atoms with Gasteiger partial charge in [-0.15, -0.1) is 0 Å². The number of para-hydroxylation sites is 1. The first-order valence-corrected chi connectivity index (χ1v) is 12.2. The second-order valence-electron chi connectivity index (χ2n) is 8.87. The van der Waals surface area contributed by atoms with E-state index in [1.807, 2.05) is 91.9 Å². The van der Waals surface area contributed by atoms with E-state index in [4.69, 9.17) is 14.5 Å². The molecule has 1 heterocycles. The smallest absolute Gasteiger partial charge is 0.344 e. The van der Waals surface area contributed by atoms with E-state index in [2.05, 4.69) is 6.58 Å². The summed E-state index contributed by atoms with van der Waals surface area (Å²) in [5, 5.41) is 1.31. The Bertz CT molecular complexity index is 1690. The zero-order valence-corrected chi connectivity index (χ0v) is 20.9. The molecule has 5 rings (SSSR count). The highest BCUT2D eigenvalue weighted by molar-refractivity contribution is 6.16. The van der Waals surface area contributed by atoms with E-state index in [0.29, 0.717) is 38.7 Å². The Hall–Kier alpha value is -5.03. The lowest BCUT2D eigenvalue weighted by molar-refractivity contribution is -0.139. The fourth-order valence-electron chi connectivity index (χ4n) is 4.16. The number of rotatable bonds is 7. The molecular formula is C33H25NO4. The molecule has 38 heavy (non-hydrogen) atoms. The Morgan fingerprint density at radius 2 is 1.55 bits per heavy atom. The van der Waals surface area contributed by atoms with Crippen molar-refractivity contribution in [2.24, 2.45) is 0 Å². The number of benzene rings is 4. The third-order valence-corrected chi connectivity index (χ3v) is 6.11. The molecule has 5 aromatic rings. The molecule has 0 amide bonds. The van der Waals surface area contributed by atoms with Gasteiger partial charge in [0.2, 0.25) is 0 Å². The summed E-state index contributed by atoms with van der Waals surface area (Å²) < 4.78 is 11.2. The second kappa shape index (κ2) is 10.9. The number of pyridine rings is 1. The second-order valence-corrected chi connectivity index (χ2v) is 8.87. The Kier molecular flexibility index (Phi) is 7.09. The third kappa shape index (κ3) is 5.37. The van der Waals surface area contributed by atoms with Gasteiger partial charge in [0, 0.05) is 10.8 Å². The van der Waals surface area contributed by atoms with Gasteiger partial charge in [0.05, 0.1) is 22.2 Å². The molecule has 0 unspecified atom stereocenters. The number of hydrogen-bond donors (Lipinski definition) is 0. The molecule has 4 aromatic carbocycles. The predicted octanol–water partition coefficient (Wildman–Crippen LogP) is 7.23. The molecule has 0 spiro atoms. The van der Waals surface area contributed by atoms with Gasteiger partial charge in [-0.05, 0) is 48.4 Å². The molecular weight excluding hydrogens is 474 g/mol. The van der Waals surface area contributed by atoms with E-state index in [1.54, 1.807) is 24.3 Å². The molecule has 5 heteroatoms. The number of carbonyl (C=O) groups is 2. The van der Waals surface area contributed by atoms with Crippen molar-refractivity contribution >= 4 is 39.8 Å². The number of hydrogen-bond acceptors (Lipinski definition) is 5. The maximum Gasteiger partial charge on any atom is 0.344 e. The maximum atomic E-state index is 13.6. The van der Waals surface area contributed by atoms with Crippen LogP contribution in [0.3, 0.4) is 0 Å². The highest BCUT2D eigenvalue weighted by Crippen LogP contribution is 2.31. The predicted molar refractivity (Wildman–Crippen MR) is 150 cm³/mol. The SMILES string of the molecule is C=C(/C=C\c1cccc2nc3ccccc3c(C(=O)Oc3ccc(C)cc3)c12)C(=O)OCc1ccccc1. The standard InChI is InChI=1S/C33H25NO4/c1-22-15-19-26(20-16-22)38-33(36)31-27-12-6-7-13-28(27)34-29-14-8-11-25(30(29)31)18-17-23(2)32(35)37-21-24-9-4-3-5-10-24/h3-20H,2,21H2,1H3/b18-17-. The summed E-state index contributed by atoms with van der Waals surface area (Å²) >= 11 is 0. The van der Waals surface area contributed by atoms with Gasteiger partial charge < -0.3 is 9.47 Å². The van der Waals surface area contributed by atoms with E-state index in [-0.39, 0.29) is 12.2 Å². The number of aryl methyl sites for hydroxylation is 1. The number of aromatic nitrogens is 1. The molecule has 5 nitrogen and oxygen atoms in total. The van der Waals surface area contributed by atoms with Crippen molar-refractivity contribution in [3.63, 3.8) is 0 Å². The third-order valence-electron chi connectivity index (χ3n) is 6.11. The van der Waals surface area contributed by atoms with E-state index in [9.17, 15) is 9.59 Å². The van der Waals surface area contributed by atoms with Gasteiger partial charge in [0.25, 0.3) is 0 Å². The Balaban J connectivity index is 1.50. The van der Waals surface area contributed by atoms with E-state index < -0.39 is 11.9 Å². The van der Waals surface area contributed by atoms with Crippen molar-refractivity contribution in [1.82, 2.24) is 4.98 Å². The molecule has 0 saturated heterocycles. The van der Waals surface area contributed by atoms with Gasteiger partial charge in [-0.2, -0.15) is 0 Å². The summed E-state index contributed by atoms with van der Waals surface area (Å²) in [5.74, 6) is -0.551. The summed E-state index contributed by atoms with van der Waals surface area (Å²) in [4.78, 5) is 30.9. The molecule has 0 aliphatic heterocycles. The van der Waals surface area contributed by atoms with Crippen LogP contribution in [0.4, 0.5) is 0 Å². The molecule has 0 bridgehead atoms. The first-order chi connectivity index (χ1) is 18.5. The van der Waals surface area contributed by atoms with Gasteiger partial charge >= 0.3 is 11.9 Å². The fraction of sp³-hybridized carbons (Fsp3) is 0.0606. The lowest BCUT2D eigenvalue weighted by Gasteiger charge is -2.13. The van der Waals surface area contributed by atoms with Crippen LogP contribution >= 0.6 is 0 Å². The van der Waals surface area contributed by atoms with Crippen LogP contribution in [0.5, 0.6) is 5.75 Å². The molecule has 0 saturated carbocycles. The van der Waals surface area contributed by atoms with Crippen LogP contribution < -0.4 is 4.74 Å². The molecule has 0 fully saturated rings. The Morgan fingerprint density at radius 1 is 0.842 bits per heavy atom. The summed E-state index contributed by atoms with van der Waals surface area (Å²) in [7, 11) is 0. The lowest BCUT2D eigenvalue weighted by atomic mass is 9.98. The van der Waals surface area contributed by atoms with Gasteiger partial charge in [0.1, 0.15) is 12.4 Å². The first kappa shape index (κ1) is 24.7. The van der Waals surface area contributed by atoms with Crippen LogP contribution in [0.15, 0.2) is 115 Å². The summed E-state index contributed by atoms with van der Waals surface area (Å²) in [6.07, 6.45) is 3.33. The zero-order chi connectivity index (χ0) is 26.5. The summed E-state index contributed by atoms with van der Waals surface area (Å²) in [5.41, 5.74) is 4.58. The monoisotopic (exact) mass is 499 g/mol. The van der Waals surface area contributed by atoms with Crippen LogP contribution in [-0.4, -0.2) is 16.9 Å². The average molecular weight is 500 g/mol. The number of fused-ring (bicyclic) bond motifs is 2. The van der Waals surface area contributed by atoms with E-state index in [0.717, 1.165) is 11.1 Å². The first-order valence-electron chi connectivity index (χ1n) is 12.2. The lowest BCUT2D eigenvalue weighted by Crippen LogP contribution is -2.11. The quantitative estimate of drug-likeness (QED) is 0.0777. The van der Waals surface area contributed by atoms with Crippen LogP contribution in [0.25, 0.3) is 27.9 Å². The molecule has 0 aliphatic carbocycles. The number of esters is 2. The topological polar surface area (TPSA) is 65.5 Å². The molecule has 0 radical (unpaired) electrons. The van der Waals surface area contributed by atoms with Gasteiger partial charge in [-0.25, -0.2) is 14.6 Å². The summed E-state index contributed by atoms with van der Waals surface area (Å²) in [6.45, 7) is 5.99. The van der Waals surface area contributed by atoms with E-state index in [1.165, 1.54) is 0 Å². The van der Waals surface area contributed by atoms with Crippen LogP contribution in [-0.2, 0) is 16.1 Å². The van der Waals surface area contributed by atoms with Crippen molar-refractivity contribution in [3.8, 4) is 5.75 Å². The van der Waals surface area contributed by atoms with Crippen molar-refractivity contribution in [2.45, 2.75) is 13.5 Å². The van der Waals surface area contributed by atoms with Crippen molar-refractivity contribution in [2.75, 3.05) is 0 Å². The Labute approximate surface area is 220 Å². The minimum Gasteiger partial charge on any atom is -0.457 e. The maximum absolute atomic E-state index is 13.6. The van der Waals surface area contributed by atoms with Crippen LogP contribution in [0, 0.1) is 6.92 Å². The molecule has 1 aromatic heterocycles. The normalized spacial score (nSPS) is 11.1. The highest BCUT2D eigenvalue weighted by atomic mass is 16.5. The van der Waals surface area contributed by atoms with Crippen molar-refractivity contribution < 1.29 is 19.1 Å². The molecule has 186 valence electrons. The number of carbonyl (C=O) groups excluding carboxylic acids is 2. The Morgan fingerprint density at radius 3 is 2.34 bits per heavy atom. The molecule has 0 aliphatic rings. The van der Waals surface area contributed by atoms with Gasteiger partial charge in [0.15, 0.2) is 0 Å². The van der Waals surface area contributed by atoms with Gasteiger partial charge in [-0.3, -0.25) is 0 Å². The molecule has 0 atom stereocenters. The summed E-state index contributed by atoms with van der Waals surface area (Å²) in [6, 6.07) is 29.8.